The summed E-state index contributed by atoms with van der Waals surface area (Å²) in [6.45, 7) is 3.29. The Balaban J connectivity index is 1.54. The van der Waals surface area contributed by atoms with Gasteiger partial charge in [0.15, 0.2) is 18.1 Å². The van der Waals surface area contributed by atoms with Crippen LogP contribution in [0.25, 0.3) is 0 Å². The number of hydrogen-bond acceptors (Lipinski definition) is 6. The van der Waals surface area contributed by atoms with E-state index in [2.05, 4.69) is 0 Å². The first-order chi connectivity index (χ1) is 14.0. The summed E-state index contributed by atoms with van der Waals surface area (Å²) in [5.74, 6) is 0.579. The van der Waals surface area contributed by atoms with Crippen molar-refractivity contribution in [1.29, 1.82) is 0 Å². The first-order valence-corrected chi connectivity index (χ1v) is 9.57. The second-order valence-electron chi connectivity index (χ2n) is 6.39. The number of benzene rings is 2. The molecule has 8 heteroatoms. The van der Waals surface area contributed by atoms with Crippen molar-refractivity contribution in [3.05, 3.63) is 52.5 Å². The Morgan fingerprint density at radius 1 is 1.14 bits per heavy atom. The average Bonchev–Trinajstić information content (AvgIpc) is 2.73. The number of amides is 1. The van der Waals surface area contributed by atoms with Crippen LogP contribution in [0.4, 0.5) is 0 Å². The number of carbonyl (C=O) groups excluding carboxylic acids is 2. The maximum Gasteiger partial charge on any atom is 0.338 e. The standard InChI is InChI=1S/C21H22ClNO6/c1-3-26-16-6-4-14(5-7-16)12-23(2)19(24)13-29-21(25)15-10-17(22)20-18(11-15)27-8-9-28-20/h4-7,10-11H,3,8-9,12-13H2,1-2H3. The van der Waals surface area contributed by atoms with Crippen LogP contribution in [0.2, 0.25) is 5.02 Å². The predicted molar refractivity (Wildman–Crippen MR) is 107 cm³/mol. The van der Waals surface area contributed by atoms with E-state index in [0.29, 0.717) is 37.9 Å². The van der Waals surface area contributed by atoms with Crippen LogP contribution in [0.15, 0.2) is 36.4 Å². The van der Waals surface area contributed by atoms with Crippen molar-refractivity contribution in [2.75, 3.05) is 33.5 Å². The van der Waals surface area contributed by atoms with E-state index < -0.39 is 5.97 Å². The molecule has 0 N–H and O–H groups in total. The molecule has 0 aromatic heterocycles. The van der Waals surface area contributed by atoms with Gasteiger partial charge in [-0.3, -0.25) is 4.79 Å². The molecule has 1 aliphatic heterocycles. The van der Waals surface area contributed by atoms with Crippen molar-refractivity contribution in [2.45, 2.75) is 13.5 Å². The molecule has 7 nitrogen and oxygen atoms in total. The highest BCUT2D eigenvalue weighted by atomic mass is 35.5. The Hall–Kier alpha value is -2.93. The first-order valence-electron chi connectivity index (χ1n) is 9.20. The van der Waals surface area contributed by atoms with Gasteiger partial charge in [0.2, 0.25) is 0 Å². The lowest BCUT2D eigenvalue weighted by molar-refractivity contribution is -0.133. The number of carbonyl (C=O) groups is 2. The lowest BCUT2D eigenvalue weighted by Gasteiger charge is -2.20. The fraction of sp³-hybridized carbons (Fsp3) is 0.333. The third-order valence-corrected chi connectivity index (χ3v) is 4.52. The van der Waals surface area contributed by atoms with Crippen molar-refractivity contribution in [3.8, 4) is 17.2 Å². The largest absolute Gasteiger partial charge is 0.494 e. The number of rotatable bonds is 7. The predicted octanol–water partition coefficient (Wildman–Crippen LogP) is 3.33. The van der Waals surface area contributed by atoms with E-state index in [0.717, 1.165) is 11.3 Å². The number of ether oxygens (including phenoxy) is 4. The van der Waals surface area contributed by atoms with Crippen molar-refractivity contribution >= 4 is 23.5 Å². The molecule has 0 bridgehead atoms. The van der Waals surface area contributed by atoms with Gasteiger partial charge in [-0.15, -0.1) is 0 Å². The molecule has 1 heterocycles. The molecule has 0 atom stereocenters. The topological polar surface area (TPSA) is 74.3 Å². The second-order valence-corrected chi connectivity index (χ2v) is 6.79. The monoisotopic (exact) mass is 419 g/mol. The van der Waals surface area contributed by atoms with Crippen molar-refractivity contribution < 1.29 is 28.5 Å². The van der Waals surface area contributed by atoms with Gasteiger partial charge in [-0.2, -0.15) is 0 Å². The Morgan fingerprint density at radius 3 is 2.59 bits per heavy atom. The molecule has 0 spiro atoms. The Morgan fingerprint density at radius 2 is 1.86 bits per heavy atom. The van der Waals surface area contributed by atoms with E-state index >= 15 is 0 Å². The van der Waals surface area contributed by atoms with Crippen LogP contribution in [0, 0.1) is 0 Å². The summed E-state index contributed by atoms with van der Waals surface area (Å²) < 4.78 is 21.4. The Labute approximate surface area is 174 Å². The highest BCUT2D eigenvalue weighted by molar-refractivity contribution is 6.32. The van der Waals surface area contributed by atoms with E-state index in [4.69, 9.17) is 30.5 Å². The van der Waals surface area contributed by atoms with Crippen molar-refractivity contribution in [2.24, 2.45) is 0 Å². The number of halogens is 1. The van der Waals surface area contributed by atoms with E-state index in [1.54, 1.807) is 7.05 Å². The van der Waals surface area contributed by atoms with E-state index in [1.165, 1.54) is 17.0 Å². The molecule has 2 aromatic rings. The third kappa shape index (κ3) is 5.32. The summed E-state index contributed by atoms with van der Waals surface area (Å²) in [6, 6.07) is 10.4. The zero-order valence-electron chi connectivity index (χ0n) is 16.3. The lowest BCUT2D eigenvalue weighted by atomic mass is 10.2. The minimum Gasteiger partial charge on any atom is -0.494 e. The number of likely N-dealkylation sites (N-methyl/N-ethyl adjacent to an activating group) is 1. The molecule has 0 unspecified atom stereocenters. The van der Waals surface area contributed by atoms with Crippen LogP contribution in [-0.4, -0.2) is 50.3 Å². The Kier molecular flexibility index (Phi) is 6.82. The first kappa shape index (κ1) is 20.8. The fourth-order valence-corrected chi connectivity index (χ4v) is 3.03. The summed E-state index contributed by atoms with van der Waals surface area (Å²) in [5.41, 5.74) is 1.13. The van der Waals surface area contributed by atoms with Gasteiger partial charge in [0, 0.05) is 13.6 Å². The minimum atomic E-state index is -0.660. The molecule has 0 saturated heterocycles. The minimum absolute atomic E-state index is 0.196. The highest BCUT2D eigenvalue weighted by Crippen LogP contribution is 2.38. The molecule has 0 fully saturated rings. The molecular weight excluding hydrogens is 398 g/mol. The SMILES string of the molecule is CCOc1ccc(CN(C)C(=O)COC(=O)c2cc(Cl)c3c(c2)OCCO3)cc1. The van der Waals surface area contributed by atoms with Gasteiger partial charge in [-0.05, 0) is 36.8 Å². The molecule has 154 valence electrons. The summed E-state index contributed by atoms with van der Waals surface area (Å²) in [7, 11) is 1.65. The van der Waals surface area contributed by atoms with Crippen LogP contribution < -0.4 is 14.2 Å². The van der Waals surface area contributed by atoms with Gasteiger partial charge < -0.3 is 23.8 Å². The summed E-state index contributed by atoms with van der Waals surface area (Å²) in [4.78, 5) is 26.1. The molecular formula is C21H22ClNO6. The van der Waals surface area contributed by atoms with Gasteiger partial charge in [0.1, 0.15) is 19.0 Å². The van der Waals surface area contributed by atoms with Gasteiger partial charge in [-0.25, -0.2) is 4.79 Å². The third-order valence-electron chi connectivity index (χ3n) is 4.24. The zero-order valence-corrected chi connectivity index (χ0v) is 17.0. The molecule has 1 amide bonds. The normalized spacial score (nSPS) is 12.2. The maximum atomic E-state index is 12.3. The molecule has 1 aliphatic rings. The molecule has 0 radical (unpaired) electrons. The molecule has 0 aliphatic carbocycles. The van der Waals surface area contributed by atoms with E-state index in [9.17, 15) is 9.59 Å². The molecule has 2 aromatic carbocycles. The van der Waals surface area contributed by atoms with Gasteiger partial charge >= 0.3 is 5.97 Å². The number of fused-ring (bicyclic) bond motifs is 1. The van der Waals surface area contributed by atoms with Gasteiger partial charge in [0.25, 0.3) is 5.91 Å². The summed E-state index contributed by atoms with van der Waals surface area (Å²) in [5, 5.41) is 0.257. The van der Waals surface area contributed by atoms with Crippen LogP contribution in [0.1, 0.15) is 22.8 Å². The highest BCUT2D eigenvalue weighted by Gasteiger charge is 2.21. The summed E-state index contributed by atoms with van der Waals surface area (Å²) >= 11 is 6.13. The van der Waals surface area contributed by atoms with E-state index in [1.807, 2.05) is 31.2 Å². The van der Waals surface area contributed by atoms with Crippen molar-refractivity contribution in [3.63, 3.8) is 0 Å². The molecule has 3 rings (SSSR count). The fourth-order valence-electron chi connectivity index (χ4n) is 2.77. The second kappa shape index (κ2) is 9.52. The molecule has 0 saturated carbocycles. The zero-order chi connectivity index (χ0) is 20.8. The van der Waals surface area contributed by atoms with Crippen LogP contribution >= 0.6 is 11.6 Å². The number of hydrogen-bond donors (Lipinski definition) is 0. The number of esters is 1. The van der Waals surface area contributed by atoms with Crippen molar-refractivity contribution in [1.82, 2.24) is 4.90 Å². The van der Waals surface area contributed by atoms with E-state index in [-0.39, 0.29) is 23.1 Å². The van der Waals surface area contributed by atoms with Gasteiger partial charge in [-0.1, -0.05) is 23.7 Å². The molecule has 29 heavy (non-hydrogen) atoms. The van der Waals surface area contributed by atoms with Crippen LogP contribution in [0.3, 0.4) is 0 Å². The van der Waals surface area contributed by atoms with Crippen LogP contribution in [0.5, 0.6) is 17.2 Å². The maximum absolute atomic E-state index is 12.3. The Bertz CT molecular complexity index is 883. The smallest absolute Gasteiger partial charge is 0.338 e. The summed E-state index contributed by atoms with van der Waals surface area (Å²) in [6.07, 6.45) is 0. The number of nitrogens with zero attached hydrogens (tertiary/aromatic N) is 1. The quantitative estimate of drug-likeness (QED) is 0.641. The van der Waals surface area contributed by atoms with Gasteiger partial charge in [0.05, 0.1) is 17.2 Å². The lowest BCUT2D eigenvalue weighted by Crippen LogP contribution is -2.30. The van der Waals surface area contributed by atoms with Crippen LogP contribution in [-0.2, 0) is 16.1 Å². The average molecular weight is 420 g/mol.